The highest BCUT2D eigenvalue weighted by atomic mass is 16.6. The zero-order chi connectivity index (χ0) is 14.1. The van der Waals surface area contributed by atoms with Gasteiger partial charge in [0.15, 0.2) is 0 Å². The molecule has 1 aliphatic rings. The van der Waals surface area contributed by atoms with Crippen LogP contribution in [0.25, 0.3) is 5.57 Å². The van der Waals surface area contributed by atoms with Gasteiger partial charge in [-0.3, -0.25) is 10.1 Å². The number of nitro benzene ring substituents is 1. The van der Waals surface area contributed by atoms with E-state index < -0.39 is 0 Å². The zero-order valence-electron chi connectivity index (χ0n) is 11.0. The first-order valence-electron chi connectivity index (χ1n) is 6.34. The van der Waals surface area contributed by atoms with E-state index in [4.69, 9.17) is 4.74 Å². The molecular formula is C16H13NO3. The van der Waals surface area contributed by atoms with Gasteiger partial charge < -0.3 is 4.74 Å². The first kappa shape index (κ1) is 12.4. The van der Waals surface area contributed by atoms with Crippen LogP contribution in [-0.2, 0) is 0 Å². The molecule has 0 atom stereocenters. The lowest BCUT2D eigenvalue weighted by Gasteiger charge is -2.18. The van der Waals surface area contributed by atoms with Gasteiger partial charge >= 0.3 is 0 Å². The summed E-state index contributed by atoms with van der Waals surface area (Å²) < 4.78 is 5.53. The second-order valence-electron chi connectivity index (χ2n) is 4.73. The van der Waals surface area contributed by atoms with Gasteiger partial charge in [-0.15, -0.1) is 0 Å². The van der Waals surface area contributed by atoms with Crippen molar-refractivity contribution in [2.75, 3.05) is 6.61 Å². The van der Waals surface area contributed by atoms with Crippen LogP contribution in [0.1, 0.15) is 16.7 Å². The Balaban J connectivity index is 2.11. The zero-order valence-corrected chi connectivity index (χ0v) is 11.0. The van der Waals surface area contributed by atoms with Crippen molar-refractivity contribution in [3.8, 4) is 5.75 Å². The third-order valence-electron chi connectivity index (χ3n) is 3.35. The van der Waals surface area contributed by atoms with Crippen LogP contribution < -0.4 is 4.74 Å². The van der Waals surface area contributed by atoms with Crippen molar-refractivity contribution in [3.63, 3.8) is 0 Å². The Kier molecular flexibility index (Phi) is 2.99. The standard InChI is InChI=1S/C16H13NO3/c1-11-2-4-12(5-3-11)14-8-9-20-16-7-6-13(17(18)19)10-15(14)16/h2-8,10H,9H2,1H3. The van der Waals surface area contributed by atoms with Crippen LogP contribution in [-0.4, -0.2) is 11.5 Å². The Hall–Kier alpha value is -2.62. The minimum atomic E-state index is -0.387. The molecule has 1 heterocycles. The number of benzene rings is 2. The minimum absolute atomic E-state index is 0.0762. The average molecular weight is 267 g/mol. The fraction of sp³-hybridized carbons (Fsp3) is 0.125. The van der Waals surface area contributed by atoms with Gasteiger partial charge in [0.25, 0.3) is 5.69 Å². The topological polar surface area (TPSA) is 52.4 Å². The van der Waals surface area contributed by atoms with Gasteiger partial charge in [-0.05, 0) is 30.2 Å². The molecule has 0 bridgehead atoms. The summed E-state index contributed by atoms with van der Waals surface area (Å²) in [5.74, 6) is 0.689. The van der Waals surface area contributed by atoms with Crippen molar-refractivity contribution in [1.82, 2.24) is 0 Å². The molecule has 1 aliphatic heterocycles. The van der Waals surface area contributed by atoms with E-state index in [0.717, 1.165) is 16.7 Å². The molecule has 0 unspecified atom stereocenters. The summed E-state index contributed by atoms with van der Waals surface area (Å²) in [5.41, 5.74) is 4.05. The maximum absolute atomic E-state index is 10.9. The maximum atomic E-state index is 10.9. The van der Waals surface area contributed by atoms with Crippen molar-refractivity contribution >= 4 is 11.3 Å². The van der Waals surface area contributed by atoms with Crippen LogP contribution in [0.2, 0.25) is 0 Å². The summed E-state index contributed by atoms with van der Waals surface area (Å²) in [5, 5.41) is 10.9. The first-order chi connectivity index (χ1) is 9.65. The highest BCUT2D eigenvalue weighted by Crippen LogP contribution is 2.36. The summed E-state index contributed by atoms with van der Waals surface area (Å²) >= 11 is 0. The number of hydrogen-bond donors (Lipinski definition) is 0. The second-order valence-corrected chi connectivity index (χ2v) is 4.73. The molecule has 4 nitrogen and oxygen atoms in total. The van der Waals surface area contributed by atoms with Crippen molar-refractivity contribution in [2.24, 2.45) is 0 Å². The molecule has 0 saturated heterocycles. The van der Waals surface area contributed by atoms with E-state index in [0.29, 0.717) is 12.4 Å². The van der Waals surface area contributed by atoms with Gasteiger partial charge in [0.05, 0.1) is 4.92 Å². The summed E-state index contributed by atoms with van der Waals surface area (Å²) in [6.07, 6.45) is 1.96. The van der Waals surface area contributed by atoms with Gasteiger partial charge in [0, 0.05) is 17.7 Å². The number of nitro groups is 1. The number of ether oxygens (including phenoxy) is 1. The molecule has 4 heteroatoms. The average Bonchev–Trinajstić information content (AvgIpc) is 2.47. The van der Waals surface area contributed by atoms with Crippen molar-refractivity contribution in [2.45, 2.75) is 6.92 Å². The summed E-state index contributed by atoms with van der Waals surface area (Å²) in [4.78, 5) is 10.5. The number of non-ortho nitro benzene ring substituents is 1. The van der Waals surface area contributed by atoms with E-state index >= 15 is 0 Å². The Morgan fingerprint density at radius 1 is 1.15 bits per heavy atom. The molecule has 2 aromatic rings. The molecule has 2 aromatic carbocycles. The van der Waals surface area contributed by atoms with E-state index in [1.165, 1.54) is 11.6 Å². The molecule has 0 N–H and O–H groups in total. The number of fused-ring (bicyclic) bond motifs is 1. The van der Waals surface area contributed by atoms with Gasteiger partial charge in [-0.2, -0.15) is 0 Å². The van der Waals surface area contributed by atoms with Crippen LogP contribution in [0.3, 0.4) is 0 Å². The lowest BCUT2D eigenvalue weighted by Crippen LogP contribution is -2.06. The second kappa shape index (κ2) is 4.81. The van der Waals surface area contributed by atoms with Crippen LogP contribution in [0.5, 0.6) is 5.75 Å². The Labute approximate surface area is 116 Å². The van der Waals surface area contributed by atoms with Crippen molar-refractivity contribution in [1.29, 1.82) is 0 Å². The van der Waals surface area contributed by atoms with Crippen molar-refractivity contribution in [3.05, 3.63) is 75.3 Å². The van der Waals surface area contributed by atoms with Gasteiger partial charge in [-0.1, -0.05) is 29.8 Å². The van der Waals surface area contributed by atoms with Gasteiger partial charge in [0.1, 0.15) is 12.4 Å². The fourth-order valence-electron chi connectivity index (χ4n) is 2.30. The summed E-state index contributed by atoms with van der Waals surface area (Å²) in [7, 11) is 0. The van der Waals surface area contributed by atoms with Crippen LogP contribution in [0.15, 0.2) is 48.5 Å². The van der Waals surface area contributed by atoms with Crippen molar-refractivity contribution < 1.29 is 9.66 Å². The third kappa shape index (κ3) is 2.16. The summed E-state index contributed by atoms with van der Waals surface area (Å²) in [6.45, 7) is 2.51. The Bertz CT molecular complexity index is 702. The van der Waals surface area contributed by atoms with Gasteiger partial charge in [0.2, 0.25) is 0 Å². The minimum Gasteiger partial charge on any atom is -0.489 e. The first-order valence-corrected chi connectivity index (χ1v) is 6.34. The lowest BCUT2D eigenvalue weighted by atomic mass is 9.94. The lowest BCUT2D eigenvalue weighted by molar-refractivity contribution is -0.384. The van der Waals surface area contributed by atoms with E-state index in [1.807, 2.05) is 37.3 Å². The predicted molar refractivity (Wildman–Crippen MR) is 76.8 cm³/mol. The molecule has 0 aromatic heterocycles. The normalized spacial score (nSPS) is 13.2. The highest BCUT2D eigenvalue weighted by Gasteiger charge is 2.19. The highest BCUT2D eigenvalue weighted by molar-refractivity contribution is 5.84. The monoisotopic (exact) mass is 267 g/mol. The molecule has 20 heavy (non-hydrogen) atoms. The SMILES string of the molecule is Cc1ccc(C2=CCOc3ccc([N+](=O)[O-])cc32)cc1. The maximum Gasteiger partial charge on any atom is 0.270 e. The Morgan fingerprint density at radius 2 is 1.90 bits per heavy atom. The van der Waals surface area contributed by atoms with Gasteiger partial charge in [-0.25, -0.2) is 0 Å². The van der Waals surface area contributed by atoms with E-state index in [2.05, 4.69) is 0 Å². The molecule has 3 rings (SSSR count). The van der Waals surface area contributed by atoms with Crippen LogP contribution >= 0.6 is 0 Å². The van der Waals surface area contributed by atoms with Crippen LogP contribution in [0, 0.1) is 17.0 Å². The molecule has 0 amide bonds. The molecule has 0 radical (unpaired) electrons. The molecule has 100 valence electrons. The summed E-state index contributed by atoms with van der Waals surface area (Å²) in [6, 6.07) is 12.8. The third-order valence-corrected chi connectivity index (χ3v) is 3.35. The molecule has 0 spiro atoms. The van der Waals surface area contributed by atoms with E-state index in [-0.39, 0.29) is 10.6 Å². The molecule has 0 aliphatic carbocycles. The van der Waals surface area contributed by atoms with E-state index in [9.17, 15) is 10.1 Å². The Morgan fingerprint density at radius 3 is 2.60 bits per heavy atom. The molecule has 0 fully saturated rings. The number of aryl methyl sites for hydroxylation is 1. The molecular weight excluding hydrogens is 254 g/mol. The smallest absolute Gasteiger partial charge is 0.270 e. The fourth-order valence-corrected chi connectivity index (χ4v) is 2.30. The quantitative estimate of drug-likeness (QED) is 0.615. The molecule has 0 saturated carbocycles. The number of rotatable bonds is 2. The largest absolute Gasteiger partial charge is 0.489 e. The predicted octanol–water partition coefficient (Wildman–Crippen LogP) is 3.73. The van der Waals surface area contributed by atoms with E-state index in [1.54, 1.807) is 12.1 Å². The number of nitrogens with zero attached hydrogens (tertiary/aromatic N) is 1. The number of hydrogen-bond acceptors (Lipinski definition) is 3. The van der Waals surface area contributed by atoms with Crippen LogP contribution in [0.4, 0.5) is 5.69 Å².